The van der Waals surface area contributed by atoms with Crippen molar-refractivity contribution in [3.05, 3.63) is 142 Å². The van der Waals surface area contributed by atoms with Gasteiger partial charge in [0, 0.05) is 78.9 Å². The molecule has 1 atom stereocenters. The van der Waals surface area contributed by atoms with Gasteiger partial charge < -0.3 is 20.4 Å². The van der Waals surface area contributed by atoms with E-state index in [1.54, 1.807) is 23.3 Å². The number of nitrogens with zero attached hydrogens (tertiary/aromatic N) is 4. The first-order valence-electron chi connectivity index (χ1n) is 21.8. The highest BCUT2D eigenvalue weighted by Gasteiger charge is 2.27. The Morgan fingerprint density at radius 2 is 1.54 bits per heavy atom. The van der Waals surface area contributed by atoms with Gasteiger partial charge in [0.25, 0.3) is 21.6 Å². The number of hydrogen-bond donors (Lipinski definition) is 5. The molecule has 1 aliphatic heterocycles. The maximum Gasteiger partial charge on any atom is 0.293 e. The molecule has 1 aliphatic rings. The summed E-state index contributed by atoms with van der Waals surface area (Å²) in [5, 5.41) is 28.0. The lowest BCUT2D eigenvalue weighted by atomic mass is 9.99. The number of sulfonamides is 1. The fourth-order valence-corrected chi connectivity index (χ4v) is 9.70. The molecule has 6 rings (SSSR count). The number of halogens is 1. The minimum Gasteiger partial charge on any atom is -0.376 e. The standard InChI is InChI=1S/C48H55ClN8O8S2/c1-54(2)25-24-38(33-66-39-11-4-3-5-12-39)50-42-22-21-40(31-45(42)57(62)63)67(64,65)53-48(60)35-18-23-44(43(30-35)51-46(58)14-8-9-15-47(59)52-61)56-28-26-55(27-29-56)32-36-10-6-7-13-41(36)34-16-19-37(49)20-17-34/h3-7,10-13,16-23,30-31,38,50,61H,8-9,14-15,24-29,32-33H2,1-2H3,(H,51,58)(H,52,59)(H,53,60). The Morgan fingerprint density at radius 1 is 0.851 bits per heavy atom. The lowest BCUT2D eigenvalue weighted by molar-refractivity contribution is -0.384. The van der Waals surface area contributed by atoms with Crippen LogP contribution < -0.4 is 25.7 Å². The summed E-state index contributed by atoms with van der Waals surface area (Å²) in [7, 11) is -0.754. The van der Waals surface area contributed by atoms with Crippen LogP contribution in [0.4, 0.5) is 22.7 Å². The molecule has 5 N–H and O–H groups in total. The van der Waals surface area contributed by atoms with Crippen molar-refractivity contribution in [1.29, 1.82) is 0 Å². The summed E-state index contributed by atoms with van der Waals surface area (Å²) in [5.41, 5.74) is 5.41. The Balaban J connectivity index is 1.17. The van der Waals surface area contributed by atoms with Crippen LogP contribution in [0.1, 0.15) is 48.0 Å². The molecular formula is C48H55ClN8O8S2. The summed E-state index contributed by atoms with van der Waals surface area (Å²) in [5.74, 6) is -1.37. The number of rotatable bonds is 22. The van der Waals surface area contributed by atoms with E-state index < -0.39 is 43.3 Å². The molecule has 354 valence electrons. The number of nitrogens with one attached hydrogen (secondary N) is 4. The van der Waals surface area contributed by atoms with Crippen LogP contribution in [0.15, 0.2) is 125 Å². The minimum atomic E-state index is -4.62. The van der Waals surface area contributed by atoms with Crippen LogP contribution in [0.3, 0.4) is 0 Å². The first kappa shape index (κ1) is 50.4. The maximum absolute atomic E-state index is 13.7. The third-order valence-electron chi connectivity index (χ3n) is 11.2. The van der Waals surface area contributed by atoms with Gasteiger partial charge in [-0.15, -0.1) is 11.8 Å². The average molecular weight is 972 g/mol. The van der Waals surface area contributed by atoms with Crippen molar-refractivity contribution in [3.63, 3.8) is 0 Å². The van der Waals surface area contributed by atoms with Crippen LogP contribution in [0.2, 0.25) is 5.02 Å². The number of piperazine rings is 1. The van der Waals surface area contributed by atoms with Crippen LogP contribution in [-0.4, -0.2) is 105 Å². The Bertz CT molecular complexity index is 2620. The van der Waals surface area contributed by atoms with Gasteiger partial charge in [0.1, 0.15) is 5.69 Å². The first-order valence-corrected chi connectivity index (χ1v) is 24.7. The van der Waals surface area contributed by atoms with Gasteiger partial charge in [-0.05, 0) is 111 Å². The molecule has 0 aliphatic carbocycles. The van der Waals surface area contributed by atoms with Crippen molar-refractivity contribution in [1.82, 2.24) is 20.0 Å². The minimum absolute atomic E-state index is 0.0290. The van der Waals surface area contributed by atoms with Crippen LogP contribution in [0.25, 0.3) is 11.1 Å². The van der Waals surface area contributed by atoms with E-state index in [1.165, 1.54) is 24.3 Å². The van der Waals surface area contributed by atoms with Crippen LogP contribution >= 0.6 is 23.4 Å². The SMILES string of the molecule is CN(C)CCC(CSc1ccccc1)Nc1ccc(S(=O)(=O)NC(=O)c2ccc(N3CCN(Cc4ccccc4-c4ccc(Cl)cc4)CC3)c(NC(=O)CCCCC(=O)NO)c2)cc1[N+](=O)[O-]. The highest BCUT2D eigenvalue weighted by Crippen LogP contribution is 2.33. The zero-order valence-electron chi connectivity index (χ0n) is 37.3. The zero-order chi connectivity index (χ0) is 47.9. The van der Waals surface area contributed by atoms with Gasteiger partial charge in [0.2, 0.25) is 11.8 Å². The Kier molecular flexibility index (Phi) is 18.2. The Labute approximate surface area is 400 Å². The number of anilines is 3. The summed E-state index contributed by atoms with van der Waals surface area (Å²) in [6, 6.07) is 33.5. The van der Waals surface area contributed by atoms with Gasteiger partial charge >= 0.3 is 0 Å². The molecular weight excluding hydrogens is 916 g/mol. The fourth-order valence-electron chi connectivity index (χ4n) is 7.59. The quantitative estimate of drug-likeness (QED) is 0.0147. The number of benzene rings is 5. The van der Waals surface area contributed by atoms with Gasteiger partial charge in [0.05, 0.1) is 21.2 Å². The summed E-state index contributed by atoms with van der Waals surface area (Å²) in [6.07, 6.45) is 1.40. The number of carbonyl (C=O) groups excluding carboxylic acids is 3. The van der Waals surface area contributed by atoms with E-state index in [1.807, 2.05) is 85.7 Å². The van der Waals surface area contributed by atoms with Crippen molar-refractivity contribution < 1.29 is 32.9 Å². The summed E-state index contributed by atoms with van der Waals surface area (Å²) in [6.45, 7) is 3.92. The smallest absolute Gasteiger partial charge is 0.293 e. The molecule has 0 aromatic heterocycles. The van der Waals surface area contributed by atoms with E-state index in [-0.39, 0.29) is 35.8 Å². The van der Waals surface area contributed by atoms with Gasteiger partial charge in [-0.2, -0.15) is 0 Å². The van der Waals surface area contributed by atoms with Gasteiger partial charge in [-0.1, -0.05) is 66.2 Å². The third kappa shape index (κ3) is 14.7. The first-order chi connectivity index (χ1) is 32.2. The van der Waals surface area contributed by atoms with Crippen LogP contribution in [0.5, 0.6) is 0 Å². The summed E-state index contributed by atoms with van der Waals surface area (Å²) < 4.78 is 29.5. The summed E-state index contributed by atoms with van der Waals surface area (Å²) >= 11 is 7.75. The number of amides is 3. The fraction of sp³-hybridized carbons (Fsp3) is 0.312. The van der Waals surface area contributed by atoms with E-state index in [2.05, 4.69) is 37.3 Å². The van der Waals surface area contributed by atoms with Crippen molar-refractivity contribution in [2.45, 2.75) is 54.5 Å². The molecule has 1 heterocycles. The normalized spacial score (nSPS) is 13.5. The monoisotopic (exact) mass is 970 g/mol. The zero-order valence-corrected chi connectivity index (χ0v) is 39.7. The number of thioether (sulfide) groups is 1. The molecule has 0 radical (unpaired) electrons. The van der Waals surface area contributed by atoms with Gasteiger partial charge in [-0.3, -0.25) is 34.6 Å². The van der Waals surface area contributed by atoms with Crippen molar-refractivity contribution >= 4 is 73.9 Å². The predicted octanol–water partition coefficient (Wildman–Crippen LogP) is 7.88. The van der Waals surface area contributed by atoms with E-state index in [4.69, 9.17) is 16.8 Å². The maximum atomic E-state index is 13.7. The molecule has 5 aromatic carbocycles. The van der Waals surface area contributed by atoms with E-state index in [0.717, 1.165) is 27.7 Å². The molecule has 3 amide bonds. The van der Waals surface area contributed by atoms with Gasteiger partial charge in [-0.25, -0.2) is 18.6 Å². The molecule has 19 heteroatoms. The second-order valence-electron chi connectivity index (χ2n) is 16.4. The van der Waals surface area contributed by atoms with Crippen LogP contribution in [0, 0.1) is 10.1 Å². The average Bonchev–Trinajstić information content (AvgIpc) is 3.32. The number of carbonyl (C=O) groups is 3. The second kappa shape index (κ2) is 24.1. The molecule has 1 unspecified atom stereocenters. The number of hydroxylamine groups is 1. The number of hydrogen-bond acceptors (Lipinski definition) is 13. The molecule has 0 bridgehead atoms. The summed E-state index contributed by atoms with van der Waals surface area (Å²) in [4.78, 5) is 57.2. The van der Waals surface area contributed by atoms with Crippen molar-refractivity contribution in [2.75, 3.05) is 68.1 Å². The van der Waals surface area contributed by atoms with Crippen LogP contribution in [-0.2, 0) is 26.2 Å². The van der Waals surface area contributed by atoms with E-state index in [9.17, 15) is 32.9 Å². The lowest BCUT2D eigenvalue weighted by Crippen LogP contribution is -2.46. The van der Waals surface area contributed by atoms with Crippen molar-refractivity contribution in [3.8, 4) is 11.1 Å². The predicted molar refractivity (Wildman–Crippen MR) is 263 cm³/mol. The largest absolute Gasteiger partial charge is 0.376 e. The Hall–Kier alpha value is -6.02. The molecule has 67 heavy (non-hydrogen) atoms. The highest BCUT2D eigenvalue weighted by molar-refractivity contribution is 7.99. The van der Waals surface area contributed by atoms with Gasteiger partial charge in [0.15, 0.2) is 0 Å². The molecule has 0 saturated carbocycles. The topological polar surface area (TPSA) is 207 Å². The number of unbranched alkanes of at least 4 members (excludes halogenated alkanes) is 1. The van der Waals surface area contributed by atoms with Crippen molar-refractivity contribution in [2.24, 2.45) is 0 Å². The second-order valence-corrected chi connectivity index (χ2v) is 19.6. The molecule has 1 fully saturated rings. The lowest BCUT2D eigenvalue weighted by Gasteiger charge is -2.37. The molecule has 0 spiro atoms. The van der Waals surface area contributed by atoms with E-state index in [0.29, 0.717) is 75.0 Å². The number of nitro groups is 1. The Morgan fingerprint density at radius 3 is 2.22 bits per heavy atom. The third-order valence-corrected chi connectivity index (χ3v) is 13.9. The molecule has 5 aromatic rings. The van der Waals surface area contributed by atoms with E-state index >= 15 is 0 Å². The number of nitro benzene ring substituents is 1. The molecule has 1 saturated heterocycles. The highest BCUT2D eigenvalue weighted by atomic mass is 35.5. The molecule has 16 nitrogen and oxygen atoms in total.